The number of benzene rings is 1. The van der Waals surface area contributed by atoms with E-state index in [9.17, 15) is 10.1 Å². The predicted octanol–water partition coefficient (Wildman–Crippen LogP) is 3.88. The zero-order valence-electron chi connectivity index (χ0n) is 9.55. The van der Waals surface area contributed by atoms with Crippen LogP contribution in [-0.2, 0) is 6.61 Å². The van der Waals surface area contributed by atoms with Crippen LogP contribution in [0.1, 0.15) is 5.56 Å². The minimum atomic E-state index is -0.540. The second-order valence-electron chi connectivity index (χ2n) is 3.65. The molecule has 19 heavy (non-hydrogen) atoms. The zero-order valence-corrected chi connectivity index (χ0v) is 11.1. The first-order valence-electron chi connectivity index (χ1n) is 5.23. The number of aromatic nitrogens is 1. The Labute approximate surface area is 118 Å². The van der Waals surface area contributed by atoms with Crippen LogP contribution < -0.4 is 4.74 Å². The third kappa shape index (κ3) is 3.56. The lowest BCUT2D eigenvalue weighted by Crippen LogP contribution is -1.99. The molecule has 0 radical (unpaired) electrons. The molecule has 2 aromatic rings. The maximum absolute atomic E-state index is 10.9. The van der Waals surface area contributed by atoms with Crippen molar-refractivity contribution in [1.29, 1.82) is 0 Å². The average molecular weight is 299 g/mol. The van der Waals surface area contributed by atoms with Gasteiger partial charge in [0.05, 0.1) is 4.92 Å². The topological polar surface area (TPSA) is 65.3 Å². The predicted molar refractivity (Wildman–Crippen MR) is 71.7 cm³/mol. The van der Waals surface area contributed by atoms with Gasteiger partial charge < -0.3 is 4.74 Å². The van der Waals surface area contributed by atoms with E-state index in [1.165, 1.54) is 18.2 Å². The quantitative estimate of drug-likeness (QED) is 0.488. The van der Waals surface area contributed by atoms with Crippen molar-refractivity contribution in [2.45, 2.75) is 6.61 Å². The van der Waals surface area contributed by atoms with Crippen molar-refractivity contribution in [2.75, 3.05) is 0 Å². The molecule has 5 nitrogen and oxygen atoms in total. The van der Waals surface area contributed by atoms with Gasteiger partial charge in [-0.3, -0.25) is 10.1 Å². The Morgan fingerprint density at radius 1 is 1.26 bits per heavy atom. The van der Waals surface area contributed by atoms with Gasteiger partial charge in [-0.1, -0.05) is 29.3 Å². The Bertz CT molecular complexity index is 602. The number of hydrogen-bond acceptors (Lipinski definition) is 4. The maximum atomic E-state index is 10.9. The molecule has 0 saturated carbocycles. The zero-order chi connectivity index (χ0) is 13.8. The average Bonchev–Trinajstić information content (AvgIpc) is 2.39. The van der Waals surface area contributed by atoms with E-state index in [-0.39, 0.29) is 23.1 Å². The molecule has 0 N–H and O–H groups in total. The van der Waals surface area contributed by atoms with E-state index in [0.29, 0.717) is 5.15 Å². The summed E-state index contributed by atoms with van der Waals surface area (Å²) in [6, 6.07) is 7.60. The molecule has 2 rings (SSSR count). The highest BCUT2D eigenvalue weighted by Crippen LogP contribution is 2.30. The molecular weight excluding hydrogens is 291 g/mol. The summed E-state index contributed by atoms with van der Waals surface area (Å²) in [5, 5.41) is 11.5. The Morgan fingerprint density at radius 3 is 2.68 bits per heavy atom. The van der Waals surface area contributed by atoms with Crippen LogP contribution in [0.3, 0.4) is 0 Å². The highest BCUT2D eigenvalue weighted by atomic mass is 35.5. The van der Waals surface area contributed by atoms with Crippen molar-refractivity contribution < 1.29 is 9.66 Å². The molecule has 0 unspecified atom stereocenters. The standard InChI is InChI=1S/C12H8Cl2N2O3/c13-9-2-3-11(10(5-9)16(17)18)19-7-8-1-4-12(14)15-6-8/h1-6H,7H2. The first kappa shape index (κ1) is 13.6. The molecular formula is C12H8Cl2N2O3. The van der Waals surface area contributed by atoms with Crippen LogP contribution in [0.5, 0.6) is 5.75 Å². The van der Waals surface area contributed by atoms with E-state index < -0.39 is 4.92 Å². The first-order chi connectivity index (χ1) is 9.06. The Morgan fingerprint density at radius 2 is 2.05 bits per heavy atom. The number of hydrogen-bond donors (Lipinski definition) is 0. The number of nitro benzene ring substituents is 1. The number of nitro groups is 1. The molecule has 0 spiro atoms. The van der Waals surface area contributed by atoms with Crippen LogP contribution >= 0.6 is 23.2 Å². The molecule has 1 aromatic carbocycles. The summed E-state index contributed by atoms with van der Waals surface area (Å²) in [5.74, 6) is 0.157. The van der Waals surface area contributed by atoms with Gasteiger partial charge in [-0.15, -0.1) is 0 Å². The van der Waals surface area contributed by atoms with Gasteiger partial charge in [0.15, 0.2) is 5.75 Å². The minimum Gasteiger partial charge on any atom is -0.482 e. The Kier molecular flexibility index (Phi) is 4.19. The molecule has 0 saturated heterocycles. The van der Waals surface area contributed by atoms with Crippen LogP contribution in [-0.4, -0.2) is 9.91 Å². The van der Waals surface area contributed by atoms with E-state index in [1.807, 2.05) is 0 Å². The fraction of sp³-hybridized carbons (Fsp3) is 0.0833. The van der Waals surface area contributed by atoms with Crippen LogP contribution in [0.2, 0.25) is 10.2 Å². The van der Waals surface area contributed by atoms with Gasteiger partial charge in [-0.05, 0) is 18.2 Å². The van der Waals surface area contributed by atoms with Gasteiger partial charge in [-0.25, -0.2) is 4.98 Å². The Balaban J connectivity index is 2.15. The first-order valence-corrected chi connectivity index (χ1v) is 5.99. The van der Waals surface area contributed by atoms with Gasteiger partial charge in [0, 0.05) is 22.8 Å². The van der Waals surface area contributed by atoms with Gasteiger partial charge in [0.2, 0.25) is 0 Å². The highest BCUT2D eigenvalue weighted by Gasteiger charge is 2.15. The Hall–Kier alpha value is -1.85. The number of nitrogens with zero attached hydrogens (tertiary/aromatic N) is 2. The molecule has 1 aromatic heterocycles. The van der Waals surface area contributed by atoms with Gasteiger partial charge >= 0.3 is 5.69 Å². The summed E-state index contributed by atoms with van der Waals surface area (Å²) in [4.78, 5) is 14.2. The van der Waals surface area contributed by atoms with Crippen LogP contribution in [0.15, 0.2) is 36.5 Å². The second-order valence-corrected chi connectivity index (χ2v) is 4.47. The maximum Gasteiger partial charge on any atom is 0.312 e. The normalized spacial score (nSPS) is 10.2. The smallest absolute Gasteiger partial charge is 0.312 e. The van der Waals surface area contributed by atoms with E-state index in [4.69, 9.17) is 27.9 Å². The molecule has 1 heterocycles. The molecule has 7 heteroatoms. The van der Waals surface area contributed by atoms with Gasteiger partial charge in [0.25, 0.3) is 0 Å². The van der Waals surface area contributed by atoms with Crippen LogP contribution in [0.4, 0.5) is 5.69 Å². The van der Waals surface area contributed by atoms with Crippen LogP contribution in [0.25, 0.3) is 0 Å². The summed E-state index contributed by atoms with van der Waals surface area (Å²) in [7, 11) is 0. The second kappa shape index (κ2) is 5.86. The minimum absolute atomic E-state index is 0.157. The van der Waals surface area contributed by atoms with E-state index in [0.717, 1.165) is 5.56 Å². The number of pyridine rings is 1. The summed E-state index contributed by atoms with van der Waals surface area (Å²) in [5.41, 5.74) is 0.586. The lowest BCUT2D eigenvalue weighted by atomic mass is 10.3. The van der Waals surface area contributed by atoms with E-state index in [1.54, 1.807) is 18.3 Å². The number of rotatable bonds is 4. The third-order valence-electron chi connectivity index (χ3n) is 2.30. The molecule has 0 amide bonds. The van der Waals surface area contributed by atoms with Gasteiger partial charge in [-0.2, -0.15) is 0 Å². The van der Waals surface area contributed by atoms with Gasteiger partial charge in [0.1, 0.15) is 11.8 Å². The molecule has 0 aliphatic carbocycles. The lowest BCUT2D eigenvalue weighted by molar-refractivity contribution is -0.385. The largest absolute Gasteiger partial charge is 0.482 e. The third-order valence-corrected chi connectivity index (χ3v) is 2.76. The van der Waals surface area contributed by atoms with E-state index in [2.05, 4.69) is 4.98 Å². The van der Waals surface area contributed by atoms with Crippen LogP contribution in [0, 0.1) is 10.1 Å². The van der Waals surface area contributed by atoms with Crippen molar-refractivity contribution in [3.05, 3.63) is 62.4 Å². The summed E-state index contributed by atoms with van der Waals surface area (Å²) in [6.07, 6.45) is 1.55. The summed E-state index contributed by atoms with van der Waals surface area (Å²) >= 11 is 11.4. The fourth-order valence-corrected chi connectivity index (χ4v) is 1.69. The molecule has 0 aliphatic rings. The van der Waals surface area contributed by atoms with Crippen molar-refractivity contribution in [3.8, 4) is 5.75 Å². The SMILES string of the molecule is O=[N+]([O-])c1cc(Cl)ccc1OCc1ccc(Cl)nc1. The highest BCUT2D eigenvalue weighted by molar-refractivity contribution is 6.30. The molecule has 0 aliphatic heterocycles. The molecule has 0 atom stereocenters. The van der Waals surface area contributed by atoms with E-state index >= 15 is 0 Å². The molecule has 98 valence electrons. The number of halogens is 2. The summed E-state index contributed by atoms with van der Waals surface area (Å²) < 4.78 is 5.40. The molecule has 0 fully saturated rings. The lowest BCUT2D eigenvalue weighted by Gasteiger charge is -2.06. The number of ether oxygens (including phenoxy) is 1. The fourth-order valence-electron chi connectivity index (χ4n) is 1.41. The monoisotopic (exact) mass is 298 g/mol. The van der Waals surface area contributed by atoms with Crippen molar-refractivity contribution >= 4 is 28.9 Å². The van der Waals surface area contributed by atoms with Crippen molar-refractivity contribution in [2.24, 2.45) is 0 Å². The van der Waals surface area contributed by atoms with Crippen molar-refractivity contribution in [3.63, 3.8) is 0 Å². The van der Waals surface area contributed by atoms with Crippen molar-refractivity contribution in [1.82, 2.24) is 4.98 Å². The molecule has 0 bridgehead atoms. The summed E-state index contributed by atoms with van der Waals surface area (Å²) in [6.45, 7) is 0.159.